The van der Waals surface area contributed by atoms with Gasteiger partial charge in [-0.25, -0.2) is 4.98 Å². The van der Waals surface area contributed by atoms with Gasteiger partial charge in [-0.2, -0.15) is 0 Å². The molecular weight excluding hydrogens is 150 g/mol. The molecule has 0 aromatic carbocycles. The molecule has 1 N–H and O–H groups in total. The number of rotatable bonds is 0. The molecule has 0 amide bonds. The Morgan fingerprint density at radius 3 is 2.92 bits per heavy atom. The first-order valence-electron chi connectivity index (χ1n) is 4.39. The van der Waals surface area contributed by atoms with Crippen LogP contribution in [0.25, 0.3) is 0 Å². The molecule has 1 aliphatic heterocycles. The summed E-state index contributed by atoms with van der Waals surface area (Å²) < 4.78 is 2.26. The Balaban J connectivity index is 2.46. The van der Waals surface area contributed by atoms with Crippen LogP contribution in [0.1, 0.15) is 26.5 Å². The van der Waals surface area contributed by atoms with Crippen LogP contribution in [0.15, 0.2) is 6.20 Å². The fourth-order valence-corrected chi connectivity index (χ4v) is 1.62. The van der Waals surface area contributed by atoms with Gasteiger partial charge >= 0.3 is 0 Å². The van der Waals surface area contributed by atoms with Crippen LogP contribution in [0.2, 0.25) is 0 Å². The van der Waals surface area contributed by atoms with Crippen molar-refractivity contribution in [2.45, 2.75) is 32.7 Å². The van der Waals surface area contributed by atoms with Gasteiger partial charge in [0.2, 0.25) is 5.95 Å². The SMILES string of the molecule is CC(C)(C)c1cnc2n1CCN2. The number of aromatic nitrogens is 2. The van der Waals surface area contributed by atoms with Crippen molar-refractivity contribution in [2.75, 3.05) is 11.9 Å². The number of hydrogen-bond acceptors (Lipinski definition) is 2. The monoisotopic (exact) mass is 165 g/mol. The third kappa shape index (κ3) is 1.00. The van der Waals surface area contributed by atoms with Crippen molar-refractivity contribution in [2.24, 2.45) is 0 Å². The lowest BCUT2D eigenvalue weighted by atomic mass is 9.93. The van der Waals surface area contributed by atoms with Gasteiger partial charge in [0.1, 0.15) is 0 Å². The minimum absolute atomic E-state index is 0.206. The summed E-state index contributed by atoms with van der Waals surface area (Å²) in [6.07, 6.45) is 1.97. The predicted octanol–water partition coefficient (Wildman–Crippen LogP) is 1.61. The molecular formula is C9H15N3. The Bertz CT molecular complexity index is 293. The van der Waals surface area contributed by atoms with Crippen LogP contribution < -0.4 is 5.32 Å². The number of anilines is 1. The lowest BCUT2D eigenvalue weighted by Gasteiger charge is -2.18. The van der Waals surface area contributed by atoms with E-state index in [1.807, 2.05) is 6.20 Å². The standard InChI is InChI=1S/C9H15N3/c1-9(2,3)7-6-11-8-10-4-5-12(7)8/h6H,4-5H2,1-3H3,(H,10,11). The molecule has 3 heteroatoms. The zero-order valence-electron chi connectivity index (χ0n) is 7.89. The molecule has 1 aromatic heterocycles. The van der Waals surface area contributed by atoms with Gasteiger partial charge in [0.25, 0.3) is 0 Å². The molecule has 1 aromatic rings. The lowest BCUT2D eigenvalue weighted by Crippen LogP contribution is -2.16. The summed E-state index contributed by atoms with van der Waals surface area (Å²) in [5.41, 5.74) is 1.53. The van der Waals surface area contributed by atoms with Crippen molar-refractivity contribution < 1.29 is 0 Å². The molecule has 0 aliphatic carbocycles. The molecule has 0 atom stereocenters. The summed E-state index contributed by atoms with van der Waals surface area (Å²) in [6.45, 7) is 8.73. The van der Waals surface area contributed by atoms with Gasteiger partial charge in [-0.15, -0.1) is 0 Å². The molecule has 3 nitrogen and oxygen atoms in total. The van der Waals surface area contributed by atoms with E-state index in [-0.39, 0.29) is 5.41 Å². The second-order valence-electron chi connectivity index (χ2n) is 4.30. The second-order valence-corrected chi connectivity index (χ2v) is 4.30. The average Bonchev–Trinajstić information content (AvgIpc) is 2.37. The third-order valence-electron chi connectivity index (χ3n) is 2.24. The van der Waals surface area contributed by atoms with Crippen LogP contribution >= 0.6 is 0 Å². The molecule has 66 valence electrons. The molecule has 0 bridgehead atoms. The summed E-state index contributed by atoms with van der Waals surface area (Å²) >= 11 is 0. The summed E-state index contributed by atoms with van der Waals surface area (Å²) in [7, 11) is 0. The number of nitrogens with zero attached hydrogens (tertiary/aromatic N) is 2. The molecule has 0 saturated carbocycles. The summed E-state index contributed by atoms with van der Waals surface area (Å²) in [5, 5.41) is 3.24. The Hall–Kier alpha value is -0.990. The zero-order chi connectivity index (χ0) is 8.77. The first-order chi connectivity index (χ1) is 5.59. The molecule has 2 heterocycles. The van der Waals surface area contributed by atoms with Crippen LogP contribution in [0.4, 0.5) is 5.95 Å². The van der Waals surface area contributed by atoms with Crippen molar-refractivity contribution in [3.8, 4) is 0 Å². The van der Waals surface area contributed by atoms with E-state index >= 15 is 0 Å². The van der Waals surface area contributed by atoms with Gasteiger partial charge in [0.15, 0.2) is 0 Å². The third-order valence-corrected chi connectivity index (χ3v) is 2.24. The largest absolute Gasteiger partial charge is 0.354 e. The maximum Gasteiger partial charge on any atom is 0.203 e. The van der Waals surface area contributed by atoms with Crippen LogP contribution in [0.5, 0.6) is 0 Å². The van der Waals surface area contributed by atoms with E-state index in [9.17, 15) is 0 Å². The maximum absolute atomic E-state index is 4.32. The van der Waals surface area contributed by atoms with Crippen LogP contribution in [-0.4, -0.2) is 16.1 Å². The first kappa shape index (κ1) is 7.65. The Morgan fingerprint density at radius 2 is 2.25 bits per heavy atom. The lowest BCUT2D eigenvalue weighted by molar-refractivity contribution is 0.534. The van der Waals surface area contributed by atoms with Gasteiger partial charge in [0, 0.05) is 24.2 Å². The van der Waals surface area contributed by atoms with Gasteiger partial charge < -0.3 is 9.88 Å². The van der Waals surface area contributed by atoms with E-state index < -0.39 is 0 Å². The molecule has 0 fully saturated rings. The van der Waals surface area contributed by atoms with Crippen molar-refractivity contribution >= 4 is 5.95 Å². The van der Waals surface area contributed by atoms with E-state index in [4.69, 9.17) is 0 Å². The molecule has 1 aliphatic rings. The quantitative estimate of drug-likeness (QED) is 0.633. The maximum atomic E-state index is 4.32. The predicted molar refractivity (Wildman–Crippen MR) is 49.4 cm³/mol. The average molecular weight is 165 g/mol. The van der Waals surface area contributed by atoms with E-state index in [2.05, 4.69) is 35.6 Å². The smallest absolute Gasteiger partial charge is 0.203 e. The van der Waals surface area contributed by atoms with Crippen molar-refractivity contribution in [1.29, 1.82) is 0 Å². The Labute approximate surface area is 72.8 Å². The van der Waals surface area contributed by atoms with Crippen molar-refractivity contribution in [3.63, 3.8) is 0 Å². The van der Waals surface area contributed by atoms with Crippen LogP contribution in [-0.2, 0) is 12.0 Å². The second kappa shape index (κ2) is 2.25. The molecule has 0 unspecified atom stereocenters. The van der Waals surface area contributed by atoms with Gasteiger partial charge in [-0.1, -0.05) is 20.8 Å². The highest BCUT2D eigenvalue weighted by molar-refractivity contribution is 5.35. The number of fused-ring (bicyclic) bond motifs is 1. The highest BCUT2D eigenvalue weighted by atomic mass is 15.3. The van der Waals surface area contributed by atoms with Gasteiger partial charge in [0.05, 0.1) is 6.20 Å². The normalized spacial score (nSPS) is 15.9. The fourth-order valence-electron chi connectivity index (χ4n) is 1.62. The highest BCUT2D eigenvalue weighted by Crippen LogP contribution is 2.26. The number of imidazole rings is 1. The van der Waals surface area contributed by atoms with Gasteiger partial charge in [-0.3, -0.25) is 0 Å². The molecule has 0 radical (unpaired) electrons. The van der Waals surface area contributed by atoms with Crippen LogP contribution in [0, 0.1) is 0 Å². The summed E-state index contributed by atoms with van der Waals surface area (Å²) in [6, 6.07) is 0. The zero-order valence-corrected chi connectivity index (χ0v) is 7.89. The fraction of sp³-hybridized carbons (Fsp3) is 0.667. The molecule has 0 spiro atoms. The Morgan fingerprint density at radius 1 is 1.50 bits per heavy atom. The van der Waals surface area contributed by atoms with Gasteiger partial charge in [-0.05, 0) is 0 Å². The number of hydrogen-bond donors (Lipinski definition) is 1. The Kier molecular flexibility index (Phi) is 1.43. The topological polar surface area (TPSA) is 29.9 Å². The van der Waals surface area contributed by atoms with E-state index in [1.165, 1.54) is 5.69 Å². The summed E-state index contributed by atoms with van der Waals surface area (Å²) in [5.74, 6) is 1.03. The summed E-state index contributed by atoms with van der Waals surface area (Å²) in [4.78, 5) is 4.32. The van der Waals surface area contributed by atoms with Crippen molar-refractivity contribution in [1.82, 2.24) is 9.55 Å². The van der Waals surface area contributed by atoms with E-state index in [1.54, 1.807) is 0 Å². The van der Waals surface area contributed by atoms with E-state index in [0.29, 0.717) is 0 Å². The molecule has 0 saturated heterocycles. The first-order valence-corrected chi connectivity index (χ1v) is 4.39. The van der Waals surface area contributed by atoms with Crippen LogP contribution in [0.3, 0.4) is 0 Å². The van der Waals surface area contributed by atoms with Crippen molar-refractivity contribution in [3.05, 3.63) is 11.9 Å². The minimum atomic E-state index is 0.206. The molecule has 12 heavy (non-hydrogen) atoms. The molecule has 2 rings (SSSR count). The number of nitrogens with one attached hydrogen (secondary N) is 1. The highest BCUT2D eigenvalue weighted by Gasteiger charge is 2.23. The minimum Gasteiger partial charge on any atom is -0.354 e. The van der Waals surface area contributed by atoms with E-state index in [0.717, 1.165) is 19.0 Å².